The molecule has 1 rings (SSSR count). The molecule has 1 N–H and O–H groups in total. The van der Waals surface area contributed by atoms with E-state index in [9.17, 15) is 0 Å². The SMILES string of the molecule is CC[C@H]1O[C@@H](CO)C1(C)C. The third kappa shape index (κ3) is 0.956. The van der Waals surface area contributed by atoms with Crippen LogP contribution in [-0.4, -0.2) is 23.9 Å². The van der Waals surface area contributed by atoms with Gasteiger partial charge in [-0.3, -0.25) is 0 Å². The predicted molar refractivity (Wildman–Crippen MR) is 39.8 cm³/mol. The summed E-state index contributed by atoms with van der Waals surface area (Å²) in [6, 6.07) is 0. The first kappa shape index (κ1) is 8.02. The van der Waals surface area contributed by atoms with Crippen LogP contribution < -0.4 is 0 Å². The lowest BCUT2D eigenvalue weighted by molar-refractivity contribution is -0.246. The van der Waals surface area contributed by atoms with Crippen LogP contribution in [0.25, 0.3) is 0 Å². The Labute approximate surface area is 62.2 Å². The van der Waals surface area contributed by atoms with Crippen LogP contribution in [-0.2, 0) is 4.74 Å². The fourth-order valence-electron chi connectivity index (χ4n) is 1.58. The van der Waals surface area contributed by atoms with Crippen molar-refractivity contribution in [1.82, 2.24) is 0 Å². The summed E-state index contributed by atoms with van der Waals surface area (Å²) in [5, 5.41) is 8.81. The second-order valence-electron chi connectivity index (χ2n) is 3.53. The zero-order chi connectivity index (χ0) is 7.78. The minimum Gasteiger partial charge on any atom is -0.394 e. The molecule has 0 aromatic rings. The van der Waals surface area contributed by atoms with E-state index < -0.39 is 0 Å². The molecule has 2 nitrogen and oxygen atoms in total. The summed E-state index contributed by atoms with van der Waals surface area (Å²) in [7, 11) is 0. The highest BCUT2D eigenvalue weighted by Crippen LogP contribution is 2.41. The van der Waals surface area contributed by atoms with Crippen molar-refractivity contribution in [3.63, 3.8) is 0 Å². The molecule has 2 atom stereocenters. The summed E-state index contributed by atoms with van der Waals surface area (Å²) in [6.45, 7) is 6.56. The molecule has 1 aliphatic heterocycles. The molecule has 0 aromatic heterocycles. The molecule has 0 unspecified atom stereocenters. The standard InChI is InChI=1S/C8H16O2/c1-4-6-8(2,3)7(5-9)10-6/h6-7,9H,4-5H2,1-3H3/t6-,7+/m1/s1. The normalized spacial score (nSPS) is 37.2. The summed E-state index contributed by atoms with van der Waals surface area (Å²) in [5.74, 6) is 0. The molecule has 10 heavy (non-hydrogen) atoms. The van der Waals surface area contributed by atoms with Crippen LogP contribution in [0.1, 0.15) is 27.2 Å². The van der Waals surface area contributed by atoms with Gasteiger partial charge >= 0.3 is 0 Å². The van der Waals surface area contributed by atoms with Gasteiger partial charge in [-0.2, -0.15) is 0 Å². The Hall–Kier alpha value is -0.0800. The van der Waals surface area contributed by atoms with Crippen LogP contribution in [0.4, 0.5) is 0 Å². The van der Waals surface area contributed by atoms with Gasteiger partial charge in [-0.05, 0) is 6.42 Å². The number of hydrogen-bond donors (Lipinski definition) is 1. The van der Waals surface area contributed by atoms with E-state index in [-0.39, 0.29) is 18.1 Å². The van der Waals surface area contributed by atoms with Gasteiger partial charge in [-0.1, -0.05) is 20.8 Å². The summed E-state index contributed by atoms with van der Waals surface area (Å²) in [5.41, 5.74) is 0.184. The Kier molecular flexibility index (Phi) is 2.02. The molecule has 1 fully saturated rings. The fraction of sp³-hybridized carbons (Fsp3) is 1.00. The molecule has 1 aliphatic rings. The van der Waals surface area contributed by atoms with Crippen LogP contribution in [0.15, 0.2) is 0 Å². The van der Waals surface area contributed by atoms with E-state index in [2.05, 4.69) is 20.8 Å². The maximum absolute atomic E-state index is 8.81. The lowest BCUT2D eigenvalue weighted by Crippen LogP contribution is -2.57. The first-order valence-electron chi connectivity index (χ1n) is 3.89. The first-order chi connectivity index (χ1) is 4.62. The lowest BCUT2D eigenvalue weighted by Gasteiger charge is -2.51. The van der Waals surface area contributed by atoms with E-state index >= 15 is 0 Å². The minimum absolute atomic E-state index is 0.0671. The second-order valence-corrected chi connectivity index (χ2v) is 3.53. The van der Waals surface area contributed by atoms with E-state index in [0.717, 1.165) is 6.42 Å². The summed E-state index contributed by atoms with van der Waals surface area (Å²) in [4.78, 5) is 0. The van der Waals surface area contributed by atoms with Crippen molar-refractivity contribution in [2.24, 2.45) is 5.41 Å². The highest BCUT2D eigenvalue weighted by Gasteiger charge is 2.47. The van der Waals surface area contributed by atoms with E-state index in [0.29, 0.717) is 6.10 Å². The van der Waals surface area contributed by atoms with Gasteiger partial charge in [0.15, 0.2) is 0 Å². The molecule has 60 valence electrons. The molecule has 0 bridgehead atoms. The zero-order valence-electron chi connectivity index (χ0n) is 6.92. The van der Waals surface area contributed by atoms with Crippen LogP contribution in [0.3, 0.4) is 0 Å². The van der Waals surface area contributed by atoms with Gasteiger partial charge < -0.3 is 9.84 Å². The maximum Gasteiger partial charge on any atom is 0.0885 e. The van der Waals surface area contributed by atoms with E-state index in [1.807, 2.05) is 0 Å². The number of hydrogen-bond acceptors (Lipinski definition) is 2. The van der Waals surface area contributed by atoms with Crippen molar-refractivity contribution in [2.45, 2.75) is 39.4 Å². The minimum atomic E-state index is 0.0671. The highest BCUT2D eigenvalue weighted by atomic mass is 16.5. The summed E-state index contributed by atoms with van der Waals surface area (Å²) in [6.07, 6.45) is 1.46. The Morgan fingerprint density at radius 1 is 1.40 bits per heavy atom. The number of aliphatic hydroxyl groups excluding tert-OH is 1. The molecule has 1 saturated heterocycles. The van der Waals surface area contributed by atoms with Gasteiger partial charge in [0.2, 0.25) is 0 Å². The molecular weight excluding hydrogens is 128 g/mol. The molecule has 0 amide bonds. The Morgan fingerprint density at radius 3 is 2.30 bits per heavy atom. The van der Waals surface area contributed by atoms with Gasteiger partial charge in [0.1, 0.15) is 0 Å². The average Bonchev–Trinajstić information content (AvgIpc) is 1.88. The third-order valence-corrected chi connectivity index (χ3v) is 2.52. The van der Waals surface area contributed by atoms with Crippen LogP contribution in [0.5, 0.6) is 0 Å². The van der Waals surface area contributed by atoms with Crippen LogP contribution in [0, 0.1) is 5.41 Å². The van der Waals surface area contributed by atoms with Gasteiger partial charge in [0.05, 0.1) is 18.8 Å². The van der Waals surface area contributed by atoms with E-state index in [4.69, 9.17) is 9.84 Å². The maximum atomic E-state index is 8.81. The van der Waals surface area contributed by atoms with Crippen molar-refractivity contribution in [1.29, 1.82) is 0 Å². The Bertz CT molecular complexity index is 108. The fourth-order valence-corrected chi connectivity index (χ4v) is 1.58. The lowest BCUT2D eigenvalue weighted by atomic mass is 9.74. The third-order valence-electron chi connectivity index (χ3n) is 2.52. The Morgan fingerprint density at radius 2 is 2.00 bits per heavy atom. The van der Waals surface area contributed by atoms with Gasteiger partial charge in [-0.15, -0.1) is 0 Å². The van der Waals surface area contributed by atoms with Crippen molar-refractivity contribution in [3.8, 4) is 0 Å². The van der Waals surface area contributed by atoms with Crippen molar-refractivity contribution in [2.75, 3.05) is 6.61 Å². The van der Waals surface area contributed by atoms with Crippen LogP contribution >= 0.6 is 0 Å². The highest BCUT2D eigenvalue weighted by molar-refractivity contribution is 4.94. The molecule has 0 saturated carbocycles. The number of aliphatic hydroxyl groups is 1. The average molecular weight is 144 g/mol. The van der Waals surface area contributed by atoms with Gasteiger partial charge in [0.25, 0.3) is 0 Å². The molecule has 0 spiro atoms. The van der Waals surface area contributed by atoms with Crippen molar-refractivity contribution >= 4 is 0 Å². The monoisotopic (exact) mass is 144 g/mol. The van der Waals surface area contributed by atoms with Crippen molar-refractivity contribution < 1.29 is 9.84 Å². The topological polar surface area (TPSA) is 29.5 Å². The van der Waals surface area contributed by atoms with Crippen molar-refractivity contribution in [3.05, 3.63) is 0 Å². The molecule has 1 heterocycles. The molecule has 0 radical (unpaired) electrons. The van der Waals surface area contributed by atoms with Gasteiger partial charge in [0, 0.05) is 5.41 Å². The smallest absolute Gasteiger partial charge is 0.0885 e. The number of ether oxygens (including phenoxy) is 1. The zero-order valence-corrected chi connectivity index (χ0v) is 6.92. The van der Waals surface area contributed by atoms with E-state index in [1.165, 1.54) is 0 Å². The molecule has 0 aliphatic carbocycles. The number of rotatable bonds is 2. The van der Waals surface area contributed by atoms with Gasteiger partial charge in [-0.25, -0.2) is 0 Å². The van der Waals surface area contributed by atoms with E-state index in [1.54, 1.807) is 0 Å². The predicted octanol–water partition coefficient (Wildman–Crippen LogP) is 1.18. The summed E-state index contributed by atoms with van der Waals surface area (Å²) >= 11 is 0. The molecule has 2 heteroatoms. The van der Waals surface area contributed by atoms with Crippen LogP contribution in [0.2, 0.25) is 0 Å². The second kappa shape index (κ2) is 2.51. The molecule has 0 aromatic carbocycles. The largest absolute Gasteiger partial charge is 0.394 e. The Balaban J connectivity index is 2.47. The molecular formula is C8H16O2. The summed E-state index contributed by atoms with van der Waals surface area (Å²) < 4.78 is 5.40. The first-order valence-corrected chi connectivity index (χ1v) is 3.89. The quantitative estimate of drug-likeness (QED) is 0.630.